The highest BCUT2D eigenvalue weighted by Gasteiger charge is 2.43. The minimum atomic E-state index is -1.01. The lowest BCUT2D eigenvalue weighted by atomic mass is 9.77. The Morgan fingerprint density at radius 3 is 2.65 bits per heavy atom. The number of rotatable bonds is 12. The zero-order valence-electron chi connectivity index (χ0n) is 28.4. The second kappa shape index (κ2) is 15.4. The second-order valence-corrected chi connectivity index (χ2v) is 15.7. The van der Waals surface area contributed by atoms with Crippen LogP contribution in [-0.4, -0.2) is 62.6 Å². The van der Waals surface area contributed by atoms with Crippen molar-refractivity contribution in [2.24, 2.45) is 4.99 Å². The molecular weight excluding hydrogens is 658 g/mol. The van der Waals surface area contributed by atoms with Gasteiger partial charge >= 0.3 is 0 Å². The molecule has 1 saturated carbocycles. The second-order valence-electron chi connectivity index (χ2n) is 14.1. The average molecular weight is 705 g/mol. The Morgan fingerprint density at radius 1 is 1.24 bits per heavy atom. The fourth-order valence-electron chi connectivity index (χ4n) is 7.59. The largest absolute Gasteiger partial charge is 0.390 e. The molecule has 3 aliphatic heterocycles. The molecule has 0 radical (unpaired) electrons. The summed E-state index contributed by atoms with van der Waals surface area (Å²) >= 11 is 8.40. The highest BCUT2D eigenvalue weighted by molar-refractivity contribution is 8.03. The van der Waals surface area contributed by atoms with Crippen LogP contribution in [0.2, 0.25) is 5.02 Å². The summed E-state index contributed by atoms with van der Waals surface area (Å²) in [5.74, 6) is 1.02. The summed E-state index contributed by atoms with van der Waals surface area (Å²) in [6.45, 7) is 9.14. The monoisotopic (exact) mass is 704 g/mol. The van der Waals surface area contributed by atoms with E-state index in [0.29, 0.717) is 24.4 Å². The van der Waals surface area contributed by atoms with Crippen molar-refractivity contribution in [3.8, 4) is 0 Å². The molecule has 2 aromatic carbocycles. The van der Waals surface area contributed by atoms with Crippen molar-refractivity contribution in [1.82, 2.24) is 9.80 Å². The van der Waals surface area contributed by atoms with Gasteiger partial charge in [0, 0.05) is 41.4 Å². The number of alkyl halides is 1. The van der Waals surface area contributed by atoms with Crippen molar-refractivity contribution in [1.29, 1.82) is 5.41 Å². The van der Waals surface area contributed by atoms with Crippen molar-refractivity contribution in [3.63, 3.8) is 0 Å². The first-order valence-electron chi connectivity index (χ1n) is 17.5. The quantitative estimate of drug-likeness (QED) is 0.216. The molecule has 4 atom stereocenters. The maximum Gasteiger partial charge on any atom is 0.124 e. The van der Waals surface area contributed by atoms with Crippen LogP contribution >= 0.6 is 23.4 Å². The average Bonchev–Trinajstić information content (AvgIpc) is 3.76. The van der Waals surface area contributed by atoms with Gasteiger partial charge in [-0.05, 0) is 106 Å². The summed E-state index contributed by atoms with van der Waals surface area (Å²) in [6.07, 6.45) is 12.8. The van der Waals surface area contributed by atoms with E-state index in [4.69, 9.17) is 16.6 Å². The molecule has 49 heavy (non-hydrogen) atoms. The third kappa shape index (κ3) is 8.24. The predicted octanol–water partition coefficient (Wildman–Crippen LogP) is 9.70. The van der Waals surface area contributed by atoms with Crippen molar-refractivity contribution in [3.05, 3.63) is 118 Å². The normalized spacial score (nSPS) is 27.4. The number of thioether (sulfide) groups is 1. The highest BCUT2D eigenvalue weighted by Crippen LogP contribution is 2.45. The van der Waals surface area contributed by atoms with E-state index in [9.17, 15) is 19.3 Å². The van der Waals surface area contributed by atoms with E-state index in [1.54, 1.807) is 30.0 Å². The SMILES string of the molecule is C=CN(CCc1ccc([C@H]2CC[C@](C)(O)CC2)cc1)[C@H]1CC2=C(C(=N)/C=C\CC(C)F)[C@H](c3ccc(F)cc3Cl)N=C(C3CC=CS3)N2C1. The number of hydrogen-bond donors (Lipinski definition) is 2. The topological polar surface area (TPSA) is 62.9 Å². The van der Waals surface area contributed by atoms with Gasteiger partial charge in [-0.15, -0.1) is 11.8 Å². The van der Waals surface area contributed by atoms with Gasteiger partial charge in [0.15, 0.2) is 0 Å². The summed E-state index contributed by atoms with van der Waals surface area (Å²) in [5.41, 5.74) is 4.74. The molecule has 0 amide bonds. The fourth-order valence-corrected chi connectivity index (χ4v) is 8.80. The molecule has 2 N–H and O–H groups in total. The molecule has 0 aromatic heterocycles. The zero-order chi connectivity index (χ0) is 34.7. The van der Waals surface area contributed by atoms with Gasteiger partial charge in [-0.3, -0.25) is 4.99 Å². The summed E-state index contributed by atoms with van der Waals surface area (Å²) in [4.78, 5) is 9.88. The highest BCUT2D eigenvalue weighted by atomic mass is 35.5. The molecule has 2 fully saturated rings. The van der Waals surface area contributed by atoms with Gasteiger partial charge in [0.05, 0.1) is 22.6 Å². The lowest BCUT2D eigenvalue weighted by Gasteiger charge is -2.35. The molecule has 5 nitrogen and oxygen atoms in total. The number of aliphatic hydroxyl groups is 1. The Labute approximate surface area is 299 Å². The number of allylic oxidation sites excluding steroid dienone is 3. The van der Waals surface area contributed by atoms with Gasteiger partial charge in [-0.2, -0.15) is 0 Å². The minimum absolute atomic E-state index is 0.103. The summed E-state index contributed by atoms with van der Waals surface area (Å²) in [5, 5.41) is 22.1. The van der Waals surface area contributed by atoms with Crippen molar-refractivity contribution >= 4 is 34.9 Å². The van der Waals surface area contributed by atoms with E-state index in [-0.39, 0.29) is 28.4 Å². The first-order valence-corrected chi connectivity index (χ1v) is 18.8. The number of fused-ring (bicyclic) bond motifs is 1. The van der Waals surface area contributed by atoms with Crippen LogP contribution in [0.1, 0.15) is 87.4 Å². The lowest BCUT2D eigenvalue weighted by Crippen LogP contribution is -2.41. The molecule has 3 heterocycles. The molecule has 0 spiro atoms. The van der Waals surface area contributed by atoms with Crippen LogP contribution in [0.3, 0.4) is 0 Å². The third-order valence-corrected chi connectivity index (χ3v) is 11.8. The van der Waals surface area contributed by atoms with Crippen LogP contribution in [0.4, 0.5) is 8.78 Å². The number of aliphatic imine (C=N–C) groups is 1. The Kier molecular flexibility index (Phi) is 11.2. The van der Waals surface area contributed by atoms with Gasteiger partial charge in [0.25, 0.3) is 0 Å². The number of benzene rings is 2. The molecule has 0 bridgehead atoms. The maximum atomic E-state index is 14.2. The number of halogens is 3. The fraction of sp³-hybridized carbons (Fsp3) is 0.450. The Bertz CT molecular complexity index is 1650. The van der Waals surface area contributed by atoms with Crippen LogP contribution in [0.15, 0.2) is 95.1 Å². The molecule has 2 unspecified atom stereocenters. The number of amidine groups is 1. The zero-order valence-corrected chi connectivity index (χ0v) is 30.0. The molecule has 4 aliphatic rings. The van der Waals surface area contributed by atoms with E-state index in [1.165, 1.54) is 30.2 Å². The van der Waals surface area contributed by atoms with E-state index in [0.717, 1.165) is 62.2 Å². The maximum absolute atomic E-state index is 14.2. The van der Waals surface area contributed by atoms with Gasteiger partial charge in [0.1, 0.15) is 23.9 Å². The van der Waals surface area contributed by atoms with Gasteiger partial charge in [-0.25, -0.2) is 8.78 Å². The van der Waals surface area contributed by atoms with Gasteiger partial charge in [0.2, 0.25) is 0 Å². The molecule has 1 saturated heterocycles. The van der Waals surface area contributed by atoms with E-state index in [2.05, 4.69) is 52.1 Å². The molecule has 9 heteroatoms. The predicted molar refractivity (Wildman–Crippen MR) is 200 cm³/mol. The summed E-state index contributed by atoms with van der Waals surface area (Å²) < 4.78 is 27.9. The van der Waals surface area contributed by atoms with Crippen LogP contribution in [-0.2, 0) is 6.42 Å². The Morgan fingerprint density at radius 2 is 2.00 bits per heavy atom. The van der Waals surface area contributed by atoms with Crippen molar-refractivity contribution in [2.75, 3.05) is 13.1 Å². The van der Waals surface area contributed by atoms with Gasteiger partial charge in [-0.1, -0.05) is 60.7 Å². The van der Waals surface area contributed by atoms with E-state index < -0.39 is 23.6 Å². The molecular formula is C40H47ClF2N4OS. The van der Waals surface area contributed by atoms with Crippen LogP contribution in [0.5, 0.6) is 0 Å². The molecule has 260 valence electrons. The third-order valence-electron chi connectivity index (χ3n) is 10.4. The van der Waals surface area contributed by atoms with Crippen LogP contribution < -0.4 is 0 Å². The number of hydrogen-bond acceptors (Lipinski definition) is 6. The standard InChI is InChI=1S/C40H47ClF2N4OS/c1-4-46(21-18-27-10-12-28(13-11-27)29-16-19-40(3,48)20-17-29)31-24-35-37(34(44)8-5-7-26(2)42)38(32-15-14-30(43)23-33(32)41)45-39(47(35)25-31)36-9-6-22-49-36/h4-6,8,10-15,22-23,26,29,31,36,38,44,48H,1,7,9,16-21,24-25H2,2-3H3/b8-5-,44-34?/t26?,29-,31-,36?,38-,40-/m0/s1. The molecule has 6 rings (SSSR count). The van der Waals surface area contributed by atoms with Crippen molar-refractivity contribution in [2.45, 2.75) is 100 Å². The van der Waals surface area contributed by atoms with E-state index >= 15 is 0 Å². The lowest BCUT2D eigenvalue weighted by molar-refractivity contribution is 0.0172. The number of nitrogens with zero attached hydrogens (tertiary/aromatic N) is 3. The smallest absolute Gasteiger partial charge is 0.124 e. The van der Waals surface area contributed by atoms with Crippen molar-refractivity contribution < 1.29 is 13.9 Å². The minimum Gasteiger partial charge on any atom is -0.390 e. The first kappa shape index (κ1) is 35.6. The first-order chi connectivity index (χ1) is 23.5. The number of nitrogens with one attached hydrogen (secondary N) is 1. The van der Waals surface area contributed by atoms with Crippen LogP contribution in [0.25, 0.3) is 0 Å². The van der Waals surface area contributed by atoms with Gasteiger partial charge < -0.3 is 20.3 Å². The Balaban J connectivity index is 1.26. The summed E-state index contributed by atoms with van der Waals surface area (Å²) in [6, 6.07) is 12.9. The molecule has 2 aromatic rings. The van der Waals surface area contributed by atoms with E-state index in [1.807, 2.05) is 13.1 Å². The molecule has 1 aliphatic carbocycles. The Hall–Kier alpha value is -3.20. The van der Waals surface area contributed by atoms with Crippen LogP contribution in [0, 0.1) is 11.2 Å². The summed E-state index contributed by atoms with van der Waals surface area (Å²) in [7, 11) is 0.